The molecule has 0 fully saturated rings. The van der Waals surface area contributed by atoms with Gasteiger partial charge in [0.15, 0.2) is 0 Å². The minimum absolute atomic E-state index is 0.250. The Labute approximate surface area is 260 Å². The summed E-state index contributed by atoms with van der Waals surface area (Å²) in [5.41, 5.74) is 9.14. The first-order chi connectivity index (χ1) is 20.9. The first-order valence-corrected chi connectivity index (χ1v) is 14.7. The van der Waals surface area contributed by atoms with Crippen molar-refractivity contribution in [2.75, 3.05) is 12.4 Å². The molecular weight excluding hydrogens is 604 g/mol. The average molecular weight is 639 g/mol. The van der Waals surface area contributed by atoms with Crippen molar-refractivity contribution in [3.8, 4) is 0 Å². The van der Waals surface area contributed by atoms with Crippen molar-refractivity contribution in [3.63, 3.8) is 0 Å². The van der Waals surface area contributed by atoms with Gasteiger partial charge in [-0.2, -0.15) is 9.59 Å². The smallest absolute Gasteiger partial charge is 0.373 e. The number of nitrogens with zero attached hydrogens (tertiary/aromatic N) is 1. The average Bonchev–Trinajstić information content (AvgIpc) is 3.51. The van der Waals surface area contributed by atoms with Crippen LogP contribution in [0, 0.1) is 26.8 Å². The number of aryl methyl sites for hydroxylation is 2. The van der Waals surface area contributed by atoms with Gasteiger partial charge in [-0.3, -0.25) is 0 Å². The largest absolute Gasteiger partial charge is 0.465 e. The van der Waals surface area contributed by atoms with Crippen molar-refractivity contribution in [1.29, 1.82) is 0 Å². The number of carbonyl (C=O) groups is 1. The monoisotopic (exact) mass is 637 g/mol. The number of hydrogen-bond donors (Lipinski definition) is 1. The first kappa shape index (κ1) is 32.7. The van der Waals surface area contributed by atoms with Crippen LogP contribution in [0.2, 0.25) is 0 Å². The summed E-state index contributed by atoms with van der Waals surface area (Å²) >= 11 is 3.34. The van der Waals surface area contributed by atoms with Crippen molar-refractivity contribution >= 4 is 49.9 Å². The second kappa shape index (κ2) is 16.6. The zero-order valence-electron chi connectivity index (χ0n) is 24.7. The number of H-pyrrole nitrogens is 1. The van der Waals surface area contributed by atoms with E-state index in [1.54, 1.807) is 0 Å². The molecule has 218 valence electrons. The number of hydrogen-bond acceptors (Lipinski definition) is 4. The van der Waals surface area contributed by atoms with Crippen LogP contribution in [0.1, 0.15) is 32.9 Å². The van der Waals surface area contributed by atoms with Crippen LogP contribution in [0.4, 0.5) is 0 Å². The molecule has 0 spiro atoms. The molecule has 43 heavy (non-hydrogen) atoms. The van der Waals surface area contributed by atoms with E-state index in [0.717, 1.165) is 28.5 Å². The van der Waals surface area contributed by atoms with Crippen molar-refractivity contribution in [2.24, 2.45) is 0 Å². The number of aromatic nitrogens is 2. The third kappa shape index (κ3) is 8.60. The predicted molar refractivity (Wildman–Crippen MR) is 175 cm³/mol. The Morgan fingerprint density at radius 2 is 1.56 bits per heavy atom. The van der Waals surface area contributed by atoms with E-state index in [9.17, 15) is 4.79 Å². The van der Waals surface area contributed by atoms with E-state index < -0.39 is 0 Å². The Hall–Kier alpha value is -4.80. The Kier molecular flexibility index (Phi) is 12.6. The number of alkyl halides is 1. The molecular formula is C36H34BrN2O4+. The number of nitrogens with one attached hydrogen (secondary N) is 1. The molecule has 3 aromatic carbocycles. The van der Waals surface area contributed by atoms with Gasteiger partial charge in [0.2, 0.25) is 0 Å². The number of para-hydroxylation sites is 2. The Balaban J connectivity index is 0.000000180. The van der Waals surface area contributed by atoms with Crippen LogP contribution >= 0.6 is 15.9 Å². The molecule has 1 N–H and O–H groups in total. The maximum Gasteiger partial charge on any atom is 0.373 e. The van der Waals surface area contributed by atoms with Gasteiger partial charge in [-0.05, 0) is 44.0 Å². The van der Waals surface area contributed by atoms with Crippen LogP contribution in [0.25, 0.3) is 21.8 Å². The van der Waals surface area contributed by atoms with Gasteiger partial charge >= 0.3 is 12.1 Å². The van der Waals surface area contributed by atoms with Crippen LogP contribution in [0.3, 0.4) is 0 Å². The molecule has 0 radical (unpaired) electrons. The van der Waals surface area contributed by atoms with Gasteiger partial charge in [0.1, 0.15) is 12.2 Å². The Morgan fingerprint density at radius 1 is 0.930 bits per heavy atom. The van der Waals surface area contributed by atoms with Gasteiger partial charge < -0.3 is 14.3 Å². The van der Waals surface area contributed by atoms with Crippen LogP contribution in [0.5, 0.6) is 0 Å². The number of rotatable bonds is 4. The quantitative estimate of drug-likeness (QED) is 0.122. The van der Waals surface area contributed by atoms with Crippen LogP contribution in [0.15, 0.2) is 109 Å². The zero-order chi connectivity index (χ0) is 31.2. The summed E-state index contributed by atoms with van der Waals surface area (Å²) in [7, 11) is 1.39. The van der Waals surface area contributed by atoms with E-state index in [1.165, 1.54) is 40.4 Å². The number of esters is 1. The summed E-state index contributed by atoms with van der Waals surface area (Å²) < 4.78 is 7.13. The summed E-state index contributed by atoms with van der Waals surface area (Å²) in [6, 6.07) is 27.0. The van der Waals surface area contributed by atoms with Crippen molar-refractivity contribution in [1.82, 2.24) is 9.55 Å². The highest BCUT2D eigenvalue weighted by Crippen LogP contribution is 2.26. The number of fused-ring (bicyclic) bond motifs is 2. The Morgan fingerprint density at radius 3 is 2.16 bits per heavy atom. The summed E-state index contributed by atoms with van der Waals surface area (Å²) in [6.07, 6.45) is 11.1. The molecule has 0 unspecified atom stereocenters. The molecule has 1 aliphatic carbocycles. The molecule has 0 amide bonds. The maximum atomic E-state index is 11.5. The number of ether oxygens (including phenoxy) is 1. The molecule has 6 rings (SSSR count). The highest BCUT2D eigenvalue weighted by molar-refractivity contribution is 9.09. The summed E-state index contributed by atoms with van der Waals surface area (Å²) in [6.45, 7) is 7.23. The second-order valence-electron chi connectivity index (χ2n) is 9.59. The lowest BCUT2D eigenvalue weighted by molar-refractivity contribution is -0.191. The molecule has 2 aromatic heterocycles. The normalized spacial score (nSPS) is 11.0. The lowest BCUT2D eigenvalue weighted by Crippen LogP contribution is -2.01. The lowest BCUT2D eigenvalue weighted by Gasteiger charge is -2.08. The van der Waals surface area contributed by atoms with E-state index in [2.05, 4.69) is 106 Å². The predicted octanol–water partition coefficient (Wildman–Crippen LogP) is 8.22. The van der Waals surface area contributed by atoms with Gasteiger partial charge in [-0.15, -0.1) is 0 Å². The molecule has 0 bridgehead atoms. The van der Waals surface area contributed by atoms with Crippen LogP contribution in [-0.2, 0) is 20.9 Å². The summed E-state index contributed by atoms with van der Waals surface area (Å²) in [5, 5.41) is 3.20. The highest BCUT2D eigenvalue weighted by atomic mass is 79.9. The van der Waals surface area contributed by atoms with Crippen molar-refractivity contribution in [3.05, 3.63) is 143 Å². The minimum Gasteiger partial charge on any atom is -0.465 e. The molecule has 5 aromatic rings. The van der Waals surface area contributed by atoms with Crippen molar-refractivity contribution < 1.29 is 19.1 Å². The molecule has 0 saturated carbocycles. The number of allylic oxidation sites excluding steroid dienone is 6. The third-order valence-electron chi connectivity index (χ3n) is 6.94. The lowest BCUT2D eigenvalue weighted by atomic mass is 10.1. The molecule has 6 nitrogen and oxygen atoms in total. The van der Waals surface area contributed by atoms with Crippen LogP contribution < -0.4 is 0 Å². The van der Waals surface area contributed by atoms with Crippen LogP contribution in [-0.4, -0.2) is 34.1 Å². The topological polar surface area (TPSA) is 81.2 Å². The second-order valence-corrected chi connectivity index (χ2v) is 10.2. The zero-order valence-corrected chi connectivity index (χ0v) is 26.3. The van der Waals surface area contributed by atoms with Gasteiger partial charge in [0.25, 0.3) is 0 Å². The molecule has 0 saturated heterocycles. The number of aromatic amines is 1. The van der Waals surface area contributed by atoms with Gasteiger partial charge in [-0.1, -0.05) is 82.7 Å². The highest BCUT2D eigenvalue weighted by Gasteiger charge is 2.15. The maximum absolute atomic E-state index is 11.5. The number of methoxy groups -OCH3 is 1. The first-order valence-electron chi connectivity index (χ1n) is 13.6. The van der Waals surface area contributed by atoms with E-state index in [-0.39, 0.29) is 12.1 Å². The van der Waals surface area contributed by atoms with E-state index >= 15 is 0 Å². The molecule has 7 heteroatoms. The Bertz CT molecular complexity index is 1790. The molecule has 0 aliphatic heterocycles. The fraction of sp³-hybridized carbons (Fsp3) is 0.167. The van der Waals surface area contributed by atoms with Gasteiger partial charge in [0, 0.05) is 51.9 Å². The van der Waals surface area contributed by atoms with E-state index in [1.807, 2.05) is 49.4 Å². The number of benzene rings is 3. The molecule has 0 atom stereocenters. The molecule has 1 aliphatic rings. The van der Waals surface area contributed by atoms with E-state index in [4.69, 9.17) is 14.3 Å². The standard InChI is InChI=1S/C17H17N.C11H11NO2.C7H6Br.CO2/c1-13-14(2)18(12-15-8-4-3-5-9-15)17-11-7-6-10-16(13)17;1-7-10(11(13)14-2)8-5-3-4-6-9(8)12-7;8-6-7-4-2-1-3-5-7;2-1-3/h3-11H,12H2,1-2H3;3-6,12H,1-2H3;1-2,4-5H,6H2;/q;;+1;. The van der Waals surface area contributed by atoms with Crippen molar-refractivity contribution in [2.45, 2.75) is 27.3 Å². The van der Waals surface area contributed by atoms with Gasteiger partial charge in [0.05, 0.1) is 29.7 Å². The summed E-state index contributed by atoms with van der Waals surface area (Å²) in [4.78, 5) is 30.9. The van der Waals surface area contributed by atoms with E-state index in [0.29, 0.717) is 5.56 Å². The fourth-order valence-corrected chi connectivity index (χ4v) is 5.08. The fourth-order valence-electron chi connectivity index (χ4n) is 4.73. The third-order valence-corrected chi connectivity index (χ3v) is 7.59. The number of halogens is 1. The van der Waals surface area contributed by atoms with Gasteiger partial charge in [-0.25, -0.2) is 4.79 Å². The SMILES string of the molecule is BrCC1=CC=C[C+]=C1.COC(=O)c1c(C)[nH]c2ccccc12.Cc1c(C)n(Cc2ccccc2)c2ccccc12.O=C=O. The number of carbonyl (C=O) groups excluding carboxylic acids is 3. The molecule has 2 heterocycles. The summed E-state index contributed by atoms with van der Waals surface area (Å²) in [5.74, 6) is -0.292. The minimum atomic E-state index is -0.292.